The number of nitrogens with two attached hydrogens (primary N) is 2. The van der Waals surface area contributed by atoms with E-state index in [1.54, 1.807) is 30.3 Å². The van der Waals surface area contributed by atoms with Crippen molar-refractivity contribution in [1.82, 2.24) is 5.43 Å². The topological polar surface area (TPSA) is 97.1 Å². The van der Waals surface area contributed by atoms with Gasteiger partial charge in [-0.05, 0) is 23.8 Å². The standard InChI is InChI=1S/C16H13F3N4O/c17-11-4-5-12(18)16(14(11)19)24-8-9-2-1-3-10(6-9)15(21)13(7-20)23-22/h1-6,23H,8,21-22H2/b15-13-. The number of benzene rings is 2. The molecule has 0 heterocycles. The molecule has 5 nitrogen and oxygen atoms in total. The predicted octanol–water partition coefficient (Wildman–Crippen LogP) is 2.30. The third-order valence-corrected chi connectivity index (χ3v) is 3.15. The molecule has 0 radical (unpaired) electrons. The highest BCUT2D eigenvalue weighted by Crippen LogP contribution is 2.25. The molecule has 0 aliphatic carbocycles. The molecule has 0 unspecified atom stereocenters. The highest BCUT2D eigenvalue weighted by molar-refractivity contribution is 5.68. The van der Waals surface area contributed by atoms with Crippen molar-refractivity contribution in [3.63, 3.8) is 0 Å². The number of hydrogen-bond donors (Lipinski definition) is 3. The molecule has 0 atom stereocenters. The molecule has 24 heavy (non-hydrogen) atoms. The third-order valence-electron chi connectivity index (χ3n) is 3.15. The Balaban J connectivity index is 2.25. The molecule has 0 aliphatic rings. The number of nitrogens with zero attached hydrogens (tertiary/aromatic N) is 1. The lowest BCUT2D eigenvalue weighted by Gasteiger charge is -2.10. The Morgan fingerprint density at radius 1 is 1.17 bits per heavy atom. The summed E-state index contributed by atoms with van der Waals surface area (Å²) in [7, 11) is 0. The molecular formula is C16H13F3N4O. The number of hydrazine groups is 1. The molecule has 2 aromatic rings. The van der Waals surface area contributed by atoms with E-state index in [0.717, 1.165) is 6.07 Å². The minimum atomic E-state index is -1.40. The lowest BCUT2D eigenvalue weighted by molar-refractivity contribution is 0.268. The monoisotopic (exact) mass is 334 g/mol. The molecule has 0 fully saturated rings. The van der Waals surface area contributed by atoms with Gasteiger partial charge >= 0.3 is 0 Å². The number of allylic oxidation sites excluding steroid dienone is 1. The van der Waals surface area contributed by atoms with Crippen LogP contribution in [0.25, 0.3) is 5.70 Å². The van der Waals surface area contributed by atoms with Crippen molar-refractivity contribution >= 4 is 5.70 Å². The van der Waals surface area contributed by atoms with Crippen LogP contribution in [0.5, 0.6) is 5.75 Å². The minimum absolute atomic E-state index is 0.0321. The molecule has 5 N–H and O–H groups in total. The van der Waals surface area contributed by atoms with Gasteiger partial charge in [0.2, 0.25) is 5.82 Å². The molecule has 0 saturated carbocycles. The summed E-state index contributed by atoms with van der Waals surface area (Å²) in [6.07, 6.45) is 0. The van der Waals surface area contributed by atoms with Crippen LogP contribution in [0.2, 0.25) is 0 Å². The predicted molar refractivity (Wildman–Crippen MR) is 81.1 cm³/mol. The summed E-state index contributed by atoms with van der Waals surface area (Å²) in [5.74, 6) is 0.770. The van der Waals surface area contributed by atoms with E-state index < -0.39 is 23.2 Å². The Morgan fingerprint density at radius 3 is 2.54 bits per heavy atom. The number of halogens is 3. The second-order valence-electron chi connectivity index (χ2n) is 4.71. The van der Waals surface area contributed by atoms with Crippen molar-refractivity contribution in [3.8, 4) is 11.8 Å². The van der Waals surface area contributed by atoms with Crippen LogP contribution < -0.4 is 21.7 Å². The minimum Gasteiger partial charge on any atom is -0.483 e. The molecule has 2 aromatic carbocycles. The van der Waals surface area contributed by atoms with Gasteiger partial charge in [-0.3, -0.25) is 0 Å². The molecule has 8 heteroatoms. The van der Waals surface area contributed by atoms with E-state index in [-0.39, 0.29) is 18.0 Å². The average Bonchev–Trinajstić information content (AvgIpc) is 2.59. The number of rotatable bonds is 5. The van der Waals surface area contributed by atoms with E-state index in [1.165, 1.54) is 0 Å². The maximum atomic E-state index is 13.5. The molecular weight excluding hydrogens is 321 g/mol. The van der Waals surface area contributed by atoms with Crippen LogP contribution in [-0.4, -0.2) is 0 Å². The fraction of sp³-hybridized carbons (Fsp3) is 0.0625. The lowest BCUT2D eigenvalue weighted by Crippen LogP contribution is -2.23. The second kappa shape index (κ2) is 7.39. The molecule has 2 rings (SSSR count). The Morgan fingerprint density at radius 2 is 1.88 bits per heavy atom. The van der Waals surface area contributed by atoms with Gasteiger partial charge in [0.25, 0.3) is 0 Å². The molecule has 0 aromatic heterocycles. The first-order valence-electron chi connectivity index (χ1n) is 6.70. The van der Waals surface area contributed by atoms with Gasteiger partial charge in [0.1, 0.15) is 12.7 Å². The van der Waals surface area contributed by atoms with Gasteiger partial charge in [0.15, 0.2) is 23.1 Å². The summed E-state index contributed by atoms with van der Waals surface area (Å²) in [5.41, 5.74) is 9.02. The zero-order valence-electron chi connectivity index (χ0n) is 12.3. The van der Waals surface area contributed by atoms with Crippen LogP contribution in [0.3, 0.4) is 0 Å². The highest BCUT2D eigenvalue weighted by Gasteiger charge is 2.15. The van der Waals surface area contributed by atoms with Gasteiger partial charge in [-0.1, -0.05) is 18.2 Å². The van der Waals surface area contributed by atoms with Gasteiger partial charge in [-0.15, -0.1) is 0 Å². The van der Waals surface area contributed by atoms with E-state index >= 15 is 0 Å². The zero-order valence-corrected chi connectivity index (χ0v) is 12.3. The first kappa shape index (κ1) is 17.2. The van der Waals surface area contributed by atoms with Crippen LogP contribution in [-0.2, 0) is 6.61 Å². The molecule has 0 spiro atoms. The molecule has 0 bridgehead atoms. The van der Waals surface area contributed by atoms with Crippen LogP contribution in [0.4, 0.5) is 13.2 Å². The first-order valence-corrected chi connectivity index (χ1v) is 6.70. The summed E-state index contributed by atoms with van der Waals surface area (Å²) < 4.78 is 45.2. The SMILES string of the molecule is N#C/C(NN)=C(/N)c1cccc(COc2c(F)ccc(F)c2F)c1. The summed E-state index contributed by atoms with van der Waals surface area (Å²) >= 11 is 0. The smallest absolute Gasteiger partial charge is 0.203 e. The van der Waals surface area contributed by atoms with Crippen molar-refractivity contribution < 1.29 is 17.9 Å². The van der Waals surface area contributed by atoms with E-state index in [9.17, 15) is 13.2 Å². The van der Waals surface area contributed by atoms with Crippen LogP contribution in [0.1, 0.15) is 11.1 Å². The number of ether oxygens (including phenoxy) is 1. The summed E-state index contributed by atoms with van der Waals surface area (Å²) in [6.45, 7) is -0.226. The van der Waals surface area contributed by atoms with Crippen molar-refractivity contribution in [3.05, 3.63) is 70.7 Å². The Bertz CT molecular complexity index is 831. The summed E-state index contributed by atoms with van der Waals surface area (Å²) in [5, 5.41) is 8.89. The van der Waals surface area contributed by atoms with Gasteiger partial charge < -0.3 is 15.9 Å². The van der Waals surface area contributed by atoms with Crippen LogP contribution in [0.15, 0.2) is 42.1 Å². The van der Waals surface area contributed by atoms with Gasteiger partial charge in [-0.2, -0.15) is 9.65 Å². The van der Waals surface area contributed by atoms with Gasteiger partial charge in [0.05, 0.1) is 5.70 Å². The van der Waals surface area contributed by atoms with Crippen molar-refractivity contribution in [2.75, 3.05) is 0 Å². The van der Waals surface area contributed by atoms with E-state index in [0.29, 0.717) is 17.2 Å². The van der Waals surface area contributed by atoms with E-state index in [4.69, 9.17) is 21.6 Å². The van der Waals surface area contributed by atoms with E-state index in [2.05, 4.69) is 5.43 Å². The summed E-state index contributed by atoms with van der Waals surface area (Å²) in [6, 6.07) is 9.65. The maximum Gasteiger partial charge on any atom is 0.203 e. The summed E-state index contributed by atoms with van der Waals surface area (Å²) in [4.78, 5) is 0. The molecule has 0 aliphatic heterocycles. The van der Waals surface area contributed by atoms with Crippen molar-refractivity contribution in [1.29, 1.82) is 5.26 Å². The second-order valence-corrected chi connectivity index (χ2v) is 4.71. The third kappa shape index (κ3) is 3.59. The average molecular weight is 334 g/mol. The van der Waals surface area contributed by atoms with Gasteiger partial charge in [-0.25, -0.2) is 14.6 Å². The number of hydrogen-bond acceptors (Lipinski definition) is 5. The number of nitrogens with one attached hydrogen (secondary N) is 1. The fourth-order valence-corrected chi connectivity index (χ4v) is 1.94. The van der Waals surface area contributed by atoms with Crippen LogP contribution >= 0.6 is 0 Å². The molecule has 0 amide bonds. The van der Waals surface area contributed by atoms with Crippen molar-refractivity contribution in [2.24, 2.45) is 11.6 Å². The quantitative estimate of drug-likeness (QED) is 0.337. The lowest BCUT2D eigenvalue weighted by atomic mass is 10.1. The van der Waals surface area contributed by atoms with Gasteiger partial charge in [0, 0.05) is 5.56 Å². The molecule has 124 valence electrons. The first-order chi connectivity index (χ1) is 11.5. The Hall–Kier alpha value is -3.18. The Labute approximate surface area is 135 Å². The maximum absolute atomic E-state index is 13.5. The highest BCUT2D eigenvalue weighted by atomic mass is 19.2. The largest absolute Gasteiger partial charge is 0.483 e. The van der Waals surface area contributed by atoms with Crippen LogP contribution in [0, 0.1) is 28.8 Å². The fourth-order valence-electron chi connectivity index (χ4n) is 1.94. The zero-order chi connectivity index (χ0) is 17.7. The normalized spacial score (nSPS) is 11.5. The van der Waals surface area contributed by atoms with Crippen molar-refractivity contribution in [2.45, 2.75) is 6.61 Å². The Kier molecular flexibility index (Phi) is 5.29. The molecule has 0 saturated heterocycles. The number of nitriles is 1. The van der Waals surface area contributed by atoms with E-state index in [1.807, 2.05) is 0 Å².